The van der Waals surface area contributed by atoms with Gasteiger partial charge in [-0.1, -0.05) is 69.3 Å². The number of benzene rings is 2. The molecule has 3 aromatic heterocycles. The van der Waals surface area contributed by atoms with Crippen LogP contribution in [0.1, 0.15) is 64.9 Å². The number of carbonyl (C=O) groups excluding carboxylic acids is 1. The number of aromatic nitrogens is 1. The predicted molar refractivity (Wildman–Crippen MR) is 165 cm³/mol. The van der Waals surface area contributed by atoms with Crippen molar-refractivity contribution in [3.05, 3.63) is 99.8 Å². The number of para-hydroxylation sites is 1. The molecule has 5 nitrogen and oxygen atoms in total. The number of hydrogen-bond acceptors (Lipinski definition) is 4. The van der Waals surface area contributed by atoms with Crippen LogP contribution < -0.4 is 5.32 Å². The number of furan rings is 1. The lowest BCUT2D eigenvalue weighted by atomic mass is 9.72. The molecule has 6 heteroatoms. The molecule has 1 atom stereocenters. The minimum absolute atomic E-state index is 0.0895. The Hall–Kier alpha value is -3.90. The van der Waals surface area contributed by atoms with Gasteiger partial charge in [0.2, 0.25) is 0 Å². The lowest BCUT2D eigenvalue weighted by molar-refractivity contribution is 0.0947. The molecule has 0 aliphatic heterocycles. The molecule has 40 heavy (non-hydrogen) atoms. The number of hydrogen-bond donors (Lipinski definition) is 2. The molecule has 0 unspecified atom stereocenters. The average Bonchev–Trinajstić information content (AvgIpc) is 3.68. The van der Waals surface area contributed by atoms with Gasteiger partial charge in [-0.05, 0) is 66.3 Å². The normalized spacial score (nSPS) is 15.6. The van der Waals surface area contributed by atoms with Gasteiger partial charge in [0.15, 0.2) is 0 Å². The van der Waals surface area contributed by atoms with Crippen LogP contribution in [0.4, 0.5) is 5.00 Å². The SMILES string of the molecule is Cc1cccc2c(C=Nc3sc4c(c3C(=O)NCc3ccco3)CC[C@H](C(C)(C)C)C4)c(-c3ccccc3)[nH]c12. The van der Waals surface area contributed by atoms with E-state index in [2.05, 4.69) is 80.5 Å². The van der Waals surface area contributed by atoms with Gasteiger partial charge in [-0.3, -0.25) is 4.79 Å². The molecular formula is C34H35N3O2S. The monoisotopic (exact) mass is 549 g/mol. The zero-order valence-electron chi connectivity index (χ0n) is 23.5. The van der Waals surface area contributed by atoms with Crippen LogP contribution in [0.5, 0.6) is 0 Å². The van der Waals surface area contributed by atoms with Crippen molar-refractivity contribution in [2.75, 3.05) is 0 Å². The number of nitrogens with one attached hydrogen (secondary N) is 2. The van der Waals surface area contributed by atoms with Gasteiger partial charge in [-0.25, -0.2) is 4.99 Å². The van der Waals surface area contributed by atoms with E-state index in [0.717, 1.165) is 63.3 Å². The number of aryl methyl sites for hydroxylation is 1. The van der Waals surface area contributed by atoms with Gasteiger partial charge in [-0.15, -0.1) is 11.3 Å². The zero-order valence-corrected chi connectivity index (χ0v) is 24.3. The summed E-state index contributed by atoms with van der Waals surface area (Å²) in [6.45, 7) is 9.42. The number of nitrogens with zero attached hydrogens (tertiary/aromatic N) is 1. The number of aliphatic imine (C=N–C) groups is 1. The van der Waals surface area contributed by atoms with Gasteiger partial charge >= 0.3 is 0 Å². The maximum absolute atomic E-state index is 13.7. The number of H-pyrrole nitrogens is 1. The third-order valence-corrected chi connectivity index (χ3v) is 9.32. The van der Waals surface area contributed by atoms with E-state index >= 15 is 0 Å². The van der Waals surface area contributed by atoms with Crippen molar-refractivity contribution >= 4 is 39.4 Å². The van der Waals surface area contributed by atoms with E-state index in [1.807, 2.05) is 24.4 Å². The first-order valence-corrected chi connectivity index (χ1v) is 14.8. The van der Waals surface area contributed by atoms with Crippen molar-refractivity contribution in [3.8, 4) is 11.3 Å². The Bertz CT molecular complexity index is 1680. The zero-order chi connectivity index (χ0) is 27.9. The molecule has 2 aromatic carbocycles. The summed E-state index contributed by atoms with van der Waals surface area (Å²) in [6, 6.07) is 20.4. The van der Waals surface area contributed by atoms with E-state index in [4.69, 9.17) is 9.41 Å². The van der Waals surface area contributed by atoms with Gasteiger partial charge in [0.1, 0.15) is 10.8 Å². The topological polar surface area (TPSA) is 70.4 Å². The first-order valence-electron chi connectivity index (χ1n) is 14.0. The molecule has 2 N–H and O–H groups in total. The summed E-state index contributed by atoms with van der Waals surface area (Å²) in [4.78, 5) is 23.7. The minimum Gasteiger partial charge on any atom is -0.467 e. The Balaban J connectivity index is 1.43. The van der Waals surface area contributed by atoms with Crippen LogP contribution in [0, 0.1) is 18.3 Å². The molecule has 6 rings (SSSR count). The van der Waals surface area contributed by atoms with E-state index in [1.54, 1.807) is 17.6 Å². The first kappa shape index (κ1) is 26.3. The summed E-state index contributed by atoms with van der Waals surface area (Å²) in [5.41, 5.74) is 7.57. The average molecular weight is 550 g/mol. The van der Waals surface area contributed by atoms with Crippen molar-refractivity contribution in [3.63, 3.8) is 0 Å². The number of carbonyl (C=O) groups is 1. The summed E-state index contributed by atoms with van der Waals surface area (Å²) in [6.07, 6.45) is 6.54. The van der Waals surface area contributed by atoms with Crippen molar-refractivity contribution in [1.82, 2.24) is 10.3 Å². The lowest BCUT2D eigenvalue weighted by Gasteiger charge is -2.33. The van der Waals surface area contributed by atoms with Crippen LogP contribution in [0.25, 0.3) is 22.2 Å². The quantitative estimate of drug-likeness (QED) is 0.208. The van der Waals surface area contributed by atoms with Crippen molar-refractivity contribution in [2.24, 2.45) is 16.3 Å². The lowest BCUT2D eigenvalue weighted by Crippen LogP contribution is -2.28. The van der Waals surface area contributed by atoms with Gasteiger partial charge in [0.05, 0.1) is 24.1 Å². The Morgan fingerprint density at radius 1 is 1.12 bits per heavy atom. The molecule has 1 aliphatic carbocycles. The van der Waals surface area contributed by atoms with E-state index in [1.165, 1.54) is 10.4 Å². The third-order valence-electron chi connectivity index (χ3n) is 8.16. The molecule has 0 saturated heterocycles. The fraction of sp³-hybridized carbons (Fsp3) is 0.294. The Labute approximate surface area is 239 Å². The second-order valence-corrected chi connectivity index (χ2v) is 12.9. The number of rotatable bonds is 6. The Morgan fingerprint density at radius 3 is 2.70 bits per heavy atom. The van der Waals surface area contributed by atoms with E-state index in [9.17, 15) is 4.79 Å². The number of amides is 1. The molecule has 204 valence electrons. The molecular weight excluding hydrogens is 514 g/mol. The van der Waals surface area contributed by atoms with E-state index < -0.39 is 0 Å². The Kier molecular flexibility index (Phi) is 6.97. The number of thiophene rings is 1. The van der Waals surface area contributed by atoms with Crippen LogP contribution in [-0.2, 0) is 19.4 Å². The minimum atomic E-state index is -0.0895. The fourth-order valence-electron chi connectivity index (χ4n) is 5.78. The van der Waals surface area contributed by atoms with Crippen LogP contribution in [0.15, 0.2) is 76.3 Å². The van der Waals surface area contributed by atoms with Gasteiger partial charge in [0, 0.05) is 27.6 Å². The molecule has 1 amide bonds. The van der Waals surface area contributed by atoms with Crippen molar-refractivity contribution in [2.45, 2.75) is 53.5 Å². The smallest absolute Gasteiger partial charge is 0.255 e. The van der Waals surface area contributed by atoms with E-state index in [0.29, 0.717) is 18.0 Å². The first-order chi connectivity index (χ1) is 19.3. The molecule has 0 radical (unpaired) electrons. The van der Waals surface area contributed by atoms with Gasteiger partial charge < -0.3 is 14.7 Å². The standard InChI is InChI=1S/C34H35N3O2S/c1-21-10-8-14-25-27(31(37-30(21)25)22-11-6-5-7-12-22)20-36-33-29(32(38)35-19-24-13-9-17-39-24)26-16-15-23(34(2,3)4)18-28(26)40-33/h5-14,17,20,23,37H,15-16,18-19H2,1-4H3,(H,35,38)/t23-/m0/s1. The maximum Gasteiger partial charge on any atom is 0.255 e. The van der Waals surface area contributed by atoms with Crippen LogP contribution in [0.2, 0.25) is 0 Å². The van der Waals surface area contributed by atoms with Crippen LogP contribution in [0.3, 0.4) is 0 Å². The highest BCUT2D eigenvalue weighted by molar-refractivity contribution is 7.16. The highest BCUT2D eigenvalue weighted by Gasteiger charge is 2.33. The van der Waals surface area contributed by atoms with Crippen molar-refractivity contribution < 1.29 is 9.21 Å². The second kappa shape index (κ2) is 10.6. The summed E-state index contributed by atoms with van der Waals surface area (Å²) >= 11 is 1.67. The molecule has 0 bridgehead atoms. The van der Waals surface area contributed by atoms with Crippen LogP contribution >= 0.6 is 11.3 Å². The fourth-order valence-corrected chi connectivity index (χ4v) is 7.05. The maximum atomic E-state index is 13.7. The molecule has 3 heterocycles. The number of fused-ring (bicyclic) bond motifs is 2. The molecule has 0 spiro atoms. The molecule has 0 saturated carbocycles. The largest absolute Gasteiger partial charge is 0.467 e. The highest BCUT2D eigenvalue weighted by atomic mass is 32.1. The summed E-state index contributed by atoms with van der Waals surface area (Å²) < 4.78 is 5.45. The predicted octanol–water partition coefficient (Wildman–Crippen LogP) is 8.63. The number of aromatic amines is 1. The Morgan fingerprint density at radius 2 is 1.95 bits per heavy atom. The molecule has 1 aliphatic rings. The summed E-state index contributed by atoms with van der Waals surface area (Å²) in [5.74, 6) is 1.22. The summed E-state index contributed by atoms with van der Waals surface area (Å²) in [5, 5.41) is 4.98. The van der Waals surface area contributed by atoms with Crippen LogP contribution in [-0.4, -0.2) is 17.1 Å². The van der Waals surface area contributed by atoms with Gasteiger partial charge in [-0.2, -0.15) is 0 Å². The molecule has 0 fully saturated rings. The third kappa shape index (κ3) is 5.04. The highest BCUT2D eigenvalue weighted by Crippen LogP contribution is 2.45. The van der Waals surface area contributed by atoms with Gasteiger partial charge in [0.25, 0.3) is 5.91 Å². The second-order valence-electron chi connectivity index (χ2n) is 11.8. The molecule has 5 aromatic rings. The van der Waals surface area contributed by atoms with E-state index in [-0.39, 0.29) is 11.3 Å². The summed E-state index contributed by atoms with van der Waals surface area (Å²) in [7, 11) is 0. The van der Waals surface area contributed by atoms with Crippen molar-refractivity contribution in [1.29, 1.82) is 0 Å².